The van der Waals surface area contributed by atoms with Crippen LogP contribution in [0.15, 0.2) is 72.8 Å². The normalized spacial score (nSPS) is 14.2. The minimum absolute atomic E-state index is 0.336. The minimum atomic E-state index is 0.336. The van der Waals surface area contributed by atoms with Crippen molar-refractivity contribution in [1.82, 2.24) is 5.32 Å². The van der Waals surface area contributed by atoms with Crippen LogP contribution in [0.2, 0.25) is 0 Å². The third kappa shape index (κ3) is 3.54. The van der Waals surface area contributed by atoms with Gasteiger partial charge in [-0.1, -0.05) is 60.7 Å². The van der Waals surface area contributed by atoms with E-state index in [1.165, 1.54) is 10.8 Å². The van der Waals surface area contributed by atoms with Gasteiger partial charge >= 0.3 is 0 Å². The second-order valence-electron chi connectivity index (χ2n) is 7.89. The van der Waals surface area contributed by atoms with E-state index in [9.17, 15) is 5.11 Å². The molecule has 1 heterocycles. The third-order valence-corrected chi connectivity index (χ3v) is 6.02. The molecule has 4 aromatic carbocycles. The standard InChI is InChI=1S/C26H25NO2/c28-25-11-9-19-5-1-3-7-21(19)23(25)15-24-22-8-4-2-6-20(22)10-12-26(24)29-14-13-18-16-27-17-18/h1-12,18,27-28H,13-17H2. The van der Waals surface area contributed by atoms with Crippen LogP contribution in [-0.2, 0) is 6.42 Å². The fourth-order valence-electron chi connectivity index (χ4n) is 4.21. The van der Waals surface area contributed by atoms with Gasteiger partial charge in [-0.25, -0.2) is 0 Å². The van der Waals surface area contributed by atoms with Gasteiger partial charge < -0.3 is 15.2 Å². The molecule has 0 atom stereocenters. The van der Waals surface area contributed by atoms with E-state index in [2.05, 4.69) is 53.8 Å². The highest BCUT2D eigenvalue weighted by atomic mass is 16.5. The van der Waals surface area contributed by atoms with Crippen LogP contribution in [0, 0.1) is 5.92 Å². The largest absolute Gasteiger partial charge is 0.508 e. The van der Waals surface area contributed by atoms with Gasteiger partial charge in [0.15, 0.2) is 0 Å². The zero-order valence-corrected chi connectivity index (χ0v) is 16.4. The predicted molar refractivity (Wildman–Crippen MR) is 119 cm³/mol. The van der Waals surface area contributed by atoms with E-state index in [0.29, 0.717) is 12.2 Å². The van der Waals surface area contributed by atoms with Gasteiger partial charge in [0, 0.05) is 17.5 Å². The van der Waals surface area contributed by atoms with E-state index >= 15 is 0 Å². The highest BCUT2D eigenvalue weighted by Gasteiger charge is 2.18. The lowest BCUT2D eigenvalue weighted by Gasteiger charge is -2.27. The molecule has 0 spiro atoms. The van der Waals surface area contributed by atoms with E-state index in [4.69, 9.17) is 4.74 Å². The van der Waals surface area contributed by atoms with Crippen LogP contribution in [0.1, 0.15) is 17.5 Å². The minimum Gasteiger partial charge on any atom is -0.508 e. The van der Waals surface area contributed by atoms with Gasteiger partial charge in [-0.3, -0.25) is 0 Å². The van der Waals surface area contributed by atoms with Crippen molar-refractivity contribution in [2.24, 2.45) is 5.92 Å². The maximum atomic E-state index is 10.7. The number of nitrogens with one attached hydrogen (secondary N) is 1. The molecule has 1 aliphatic heterocycles. The highest BCUT2D eigenvalue weighted by Crippen LogP contribution is 2.35. The fraction of sp³-hybridized carbons (Fsp3) is 0.231. The van der Waals surface area contributed by atoms with Gasteiger partial charge in [0.05, 0.1) is 6.61 Å². The number of fused-ring (bicyclic) bond motifs is 2. The van der Waals surface area contributed by atoms with Gasteiger partial charge in [0.25, 0.3) is 0 Å². The average molecular weight is 383 g/mol. The molecule has 5 rings (SSSR count). The van der Waals surface area contributed by atoms with E-state index in [1.807, 2.05) is 18.2 Å². The first kappa shape index (κ1) is 18.0. The van der Waals surface area contributed by atoms with Crippen LogP contribution in [0.5, 0.6) is 11.5 Å². The molecular weight excluding hydrogens is 358 g/mol. The summed E-state index contributed by atoms with van der Waals surface area (Å²) >= 11 is 0. The first-order valence-corrected chi connectivity index (χ1v) is 10.3. The topological polar surface area (TPSA) is 41.5 Å². The number of phenolic OH excluding ortho intramolecular Hbond substituents is 1. The summed E-state index contributed by atoms with van der Waals surface area (Å²) in [5.41, 5.74) is 2.09. The summed E-state index contributed by atoms with van der Waals surface area (Å²) in [5, 5.41) is 18.6. The molecule has 0 bridgehead atoms. The van der Waals surface area contributed by atoms with Crippen LogP contribution in [0.25, 0.3) is 21.5 Å². The quantitative estimate of drug-likeness (QED) is 0.476. The number of hydrogen-bond acceptors (Lipinski definition) is 3. The first-order valence-electron chi connectivity index (χ1n) is 10.3. The summed E-state index contributed by atoms with van der Waals surface area (Å²) in [4.78, 5) is 0. The van der Waals surface area contributed by atoms with E-state index in [0.717, 1.165) is 59.7 Å². The Labute approximate surface area is 170 Å². The van der Waals surface area contributed by atoms with Crippen molar-refractivity contribution in [2.45, 2.75) is 12.8 Å². The molecule has 4 aromatic rings. The SMILES string of the molecule is Oc1ccc2ccccc2c1Cc1c(OCCC2CNC2)ccc2ccccc12. The molecule has 0 unspecified atom stereocenters. The Morgan fingerprint density at radius 3 is 2.14 bits per heavy atom. The molecule has 29 heavy (non-hydrogen) atoms. The summed E-state index contributed by atoms with van der Waals surface area (Å²) in [7, 11) is 0. The summed E-state index contributed by atoms with van der Waals surface area (Å²) in [5.74, 6) is 1.98. The third-order valence-electron chi connectivity index (χ3n) is 6.02. The maximum absolute atomic E-state index is 10.7. The van der Waals surface area contributed by atoms with Gasteiger partial charge in [-0.2, -0.15) is 0 Å². The summed E-state index contributed by atoms with van der Waals surface area (Å²) in [6.45, 7) is 2.91. The molecule has 0 aliphatic carbocycles. The molecule has 0 aromatic heterocycles. The van der Waals surface area contributed by atoms with Gasteiger partial charge in [0.1, 0.15) is 11.5 Å². The number of aromatic hydroxyl groups is 1. The van der Waals surface area contributed by atoms with Gasteiger partial charge in [-0.15, -0.1) is 0 Å². The number of hydrogen-bond donors (Lipinski definition) is 2. The zero-order valence-electron chi connectivity index (χ0n) is 16.4. The molecule has 1 saturated heterocycles. The lowest BCUT2D eigenvalue weighted by Crippen LogP contribution is -2.42. The zero-order chi connectivity index (χ0) is 19.6. The van der Waals surface area contributed by atoms with Crippen molar-refractivity contribution in [3.63, 3.8) is 0 Å². The van der Waals surface area contributed by atoms with Crippen molar-refractivity contribution in [1.29, 1.82) is 0 Å². The molecule has 0 saturated carbocycles. The molecule has 3 heteroatoms. The number of benzene rings is 4. The Hall–Kier alpha value is -3.04. The fourth-order valence-corrected chi connectivity index (χ4v) is 4.21. The van der Waals surface area contributed by atoms with Crippen LogP contribution in [-0.4, -0.2) is 24.8 Å². The van der Waals surface area contributed by atoms with Gasteiger partial charge in [0.2, 0.25) is 0 Å². The summed E-state index contributed by atoms with van der Waals surface area (Å²) in [6.07, 6.45) is 1.70. The number of rotatable bonds is 6. The van der Waals surface area contributed by atoms with Crippen LogP contribution >= 0.6 is 0 Å². The Bertz CT molecular complexity index is 1160. The lowest BCUT2D eigenvalue weighted by atomic mass is 9.93. The molecule has 0 amide bonds. The van der Waals surface area contributed by atoms with Crippen molar-refractivity contribution in [3.8, 4) is 11.5 Å². The van der Waals surface area contributed by atoms with E-state index < -0.39 is 0 Å². The van der Waals surface area contributed by atoms with Crippen molar-refractivity contribution < 1.29 is 9.84 Å². The number of phenols is 1. The maximum Gasteiger partial charge on any atom is 0.123 e. The Morgan fingerprint density at radius 1 is 0.793 bits per heavy atom. The summed E-state index contributed by atoms with van der Waals surface area (Å²) in [6, 6.07) is 24.6. The molecule has 146 valence electrons. The van der Waals surface area contributed by atoms with Gasteiger partial charge in [-0.05, 0) is 59.1 Å². The van der Waals surface area contributed by atoms with Crippen molar-refractivity contribution >= 4 is 21.5 Å². The Kier molecular flexibility index (Phi) is 4.82. The van der Waals surface area contributed by atoms with Crippen LogP contribution in [0.3, 0.4) is 0 Å². The second kappa shape index (κ2) is 7.76. The molecule has 2 N–H and O–H groups in total. The molecule has 0 radical (unpaired) electrons. The average Bonchev–Trinajstić information content (AvgIpc) is 2.72. The molecule has 1 aliphatic rings. The van der Waals surface area contributed by atoms with E-state index in [-0.39, 0.29) is 0 Å². The van der Waals surface area contributed by atoms with Crippen molar-refractivity contribution in [2.75, 3.05) is 19.7 Å². The van der Waals surface area contributed by atoms with Crippen LogP contribution in [0.4, 0.5) is 0 Å². The highest BCUT2D eigenvalue weighted by molar-refractivity contribution is 5.91. The molecule has 3 nitrogen and oxygen atoms in total. The van der Waals surface area contributed by atoms with Crippen molar-refractivity contribution in [3.05, 3.63) is 83.9 Å². The Balaban J connectivity index is 1.56. The lowest BCUT2D eigenvalue weighted by molar-refractivity contribution is 0.237. The van der Waals surface area contributed by atoms with E-state index in [1.54, 1.807) is 6.07 Å². The first-order chi connectivity index (χ1) is 14.3. The Morgan fingerprint density at radius 2 is 1.45 bits per heavy atom. The molecule has 1 fully saturated rings. The summed E-state index contributed by atoms with van der Waals surface area (Å²) < 4.78 is 6.27. The van der Waals surface area contributed by atoms with Crippen LogP contribution < -0.4 is 10.1 Å². The molecular formula is C26H25NO2. The second-order valence-corrected chi connectivity index (χ2v) is 7.89. The number of ether oxygens (including phenoxy) is 1. The smallest absolute Gasteiger partial charge is 0.123 e. The predicted octanol–water partition coefficient (Wildman–Crippen LogP) is 5.28. The monoisotopic (exact) mass is 383 g/mol.